The molecule has 0 amide bonds. The highest BCUT2D eigenvalue weighted by Crippen LogP contribution is 2.19. The Bertz CT molecular complexity index is 990. The van der Waals surface area contributed by atoms with Crippen LogP contribution in [0.15, 0.2) is 73.1 Å². The van der Waals surface area contributed by atoms with Gasteiger partial charge in [0.05, 0.1) is 11.1 Å². The van der Waals surface area contributed by atoms with Gasteiger partial charge < -0.3 is 0 Å². The van der Waals surface area contributed by atoms with Crippen molar-refractivity contribution in [3.63, 3.8) is 0 Å². The van der Waals surface area contributed by atoms with E-state index in [0.717, 1.165) is 37.0 Å². The number of unbranched alkanes of at least 4 members (excludes halogenated alkanes) is 1. The molecule has 6 nitrogen and oxygen atoms in total. The molecular formula is C31H44O6Si2. The minimum absolute atomic E-state index is 0.363. The first-order valence-corrected chi connectivity index (χ1v) is 19.0. The van der Waals surface area contributed by atoms with E-state index in [1.54, 1.807) is 24.3 Å². The van der Waals surface area contributed by atoms with Gasteiger partial charge in [-0.15, -0.1) is 22.9 Å². The van der Waals surface area contributed by atoms with E-state index >= 15 is 0 Å². The van der Waals surface area contributed by atoms with Gasteiger partial charge in [-0.05, 0) is 30.7 Å². The van der Waals surface area contributed by atoms with E-state index < -0.39 is 34.4 Å². The first-order chi connectivity index (χ1) is 18.8. The molecule has 0 aliphatic heterocycles. The van der Waals surface area contributed by atoms with Crippen LogP contribution in [0, 0.1) is 0 Å². The molecule has 212 valence electrons. The van der Waals surface area contributed by atoms with E-state index in [-0.39, 0.29) is 0 Å². The molecule has 39 heavy (non-hydrogen) atoms. The van der Waals surface area contributed by atoms with Crippen molar-refractivity contribution in [2.75, 3.05) is 0 Å². The third-order valence-electron chi connectivity index (χ3n) is 7.95. The van der Waals surface area contributed by atoms with E-state index in [1.807, 2.05) is 31.2 Å². The van der Waals surface area contributed by atoms with Crippen LogP contribution >= 0.6 is 0 Å². The molecule has 0 unspecified atom stereocenters. The SMILES string of the molecule is C=C[Si](CC)(CC)c1ccc(C(=O)OOC(CCCC)OOC(=O)c2ccc([Si](C=C)(CC)CC)cc2)cc1. The van der Waals surface area contributed by atoms with Crippen LogP contribution < -0.4 is 10.4 Å². The monoisotopic (exact) mass is 568 g/mol. The first-order valence-electron chi connectivity index (χ1n) is 14.0. The molecule has 8 heteroatoms. The summed E-state index contributed by atoms with van der Waals surface area (Å²) in [5, 5.41) is 2.46. The number of carbonyl (C=O) groups is 2. The number of hydrogen-bond acceptors (Lipinski definition) is 6. The second-order valence-corrected chi connectivity index (χ2v) is 19.2. The molecule has 0 bridgehead atoms. The zero-order valence-corrected chi connectivity index (χ0v) is 26.2. The lowest BCUT2D eigenvalue weighted by molar-refractivity contribution is -0.421. The molecule has 0 saturated heterocycles. The van der Waals surface area contributed by atoms with Crippen LogP contribution in [0.5, 0.6) is 0 Å². The van der Waals surface area contributed by atoms with Crippen molar-refractivity contribution in [2.45, 2.75) is 84.3 Å². The molecule has 0 fully saturated rings. The van der Waals surface area contributed by atoms with Gasteiger partial charge in [-0.3, -0.25) is 9.78 Å². The number of carbonyl (C=O) groups excluding carboxylic acids is 2. The van der Waals surface area contributed by atoms with Crippen LogP contribution in [0.3, 0.4) is 0 Å². The van der Waals surface area contributed by atoms with Crippen LogP contribution in [-0.2, 0) is 19.6 Å². The van der Waals surface area contributed by atoms with Crippen molar-refractivity contribution in [3.05, 3.63) is 84.2 Å². The highest BCUT2D eigenvalue weighted by molar-refractivity contribution is 6.96. The molecule has 0 spiro atoms. The van der Waals surface area contributed by atoms with Gasteiger partial charge in [0.15, 0.2) is 0 Å². The average molecular weight is 569 g/mol. The average Bonchev–Trinajstić information content (AvgIpc) is 2.99. The van der Waals surface area contributed by atoms with Crippen LogP contribution in [-0.4, -0.2) is 34.4 Å². The Morgan fingerprint density at radius 2 is 1.05 bits per heavy atom. The van der Waals surface area contributed by atoms with Crippen molar-refractivity contribution in [3.8, 4) is 0 Å². The number of hydrogen-bond donors (Lipinski definition) is 0. The third-order valence-corrected chi connectivity index (χ3v) is 17.5. The van der Waals surface area contributed by atoms with Crippen molar-refractivity contribution < 1.29 is 29.1 Å². The number of benzene rings is 2. The summed E-state index contributed by atoms with van der Waals surface area (Å²) in [6.45, 7) is 18.8. The van der Waals surface area contributed by atoms with Crippen molar-refractivity contribution >= 4 is 38.5 Å². The van der Waals surface area contributed by atoms with Crippen molar-refractivity contribution in [1.82, 2.24) is 0 Å². The topological polar surface area (TPSA) is 71.1 Å². The lowest BCUT2D eigenvalue weighted by Crippen LogP contribution is -2.44. The Morgan fingerprint density at radius 3 is 1.33 bits per heavy atom. The summed E-state index contributed by atoms with van der Waals surface area (Å²) in [6, 6.07) is 19.0. The third kappa shape index (κ3) is 8.11. The van der Waals surface area contributed by atoms with E-state index in [1.165, 1.54) is 10.4 Å². The first kappa shape index (κ1) is 32.4. The van der Waals surface area contributed by atoms with Gasteiger partial charge in [0.25, 0.3) is 0 Å². The van der Waals surface area contributed by atoms with Crippen LogP contribution in [0.1, 0.15) is 74.6 Å². The number of rotatable bonds is 17. The van der Waals surface area contributed by atoms with Gasteiger partial charge in [-0.1, -0.05) is 111 Å². The van der Waals surface area contributed by atoms with Crippen LogP contribution in [0.2, 0.25) is 24.2 Å². The highest BCUT2D eigenvalue weighted by atomic mass is 28.3. The standard InChI is InChI=1S/C31H44O6Si2/c1-8-15-16-29(34-36-30(32)25-17-21-27(22-18-25)38(9-2,10-3)11-4)35-37-31(33)26-19-23-28(24-20-26)39(12-5,13-6)14-7/h9,12,17-24,29H,2,5,8,10-11,13-16H2,1,3-4,6-7H3. The van der Waals surface area contributed by atoms with Crippen molar-refractivity contribution in [2.24, 2.45) is 0 Å². The van der Waals surface area contributed by atoms with E-state index in [9.17, 15) is 9.59 Å². The molecule has 0 heterocycles. The normalized spacial score (nSPS) is 11.7. The lowest BCUT2D eigenvalue weighted by atomic mass is 10.2. The van der Waals surface area contributed by atoms with Crippen LogP contribution in [0.4, 0.5) is 0 Å². The summed E-state index contributed by atoms with van der Waals surface area (Å²) in [6.07, 6.45) is 0.934. The molecule has 0 atom stereocenters. The quantitative estimate of drug-likeness (QED) is 0.0893. The largest absolute Gasteiger partial charge is 0.373 e. The van der Waals surface area contributed by atoms with E-state index in [0.29, 0.717) is 17.5 Å². The molecule has 0 aromatic heterocycles. The summed E-state index contributed by atoms with van der Waals surface area (Å²) in [4.78, 5) is 45.8. The molecule has 0 radical (unpaired) electrons. The fraction of sp³-hybridized carbons (Fsp3) is 0.419. The summed E-state index contributed by atoms with van der Waals surface area (Å²) in [7, 11) is -3.52. The molecular weight excluding hydrogens is 525 g/mol. The van der Waals surface area contributed by atoms with Gasteiger partial charge in [0.1, 0.15) is 16.1 Å². The fourth-order valence-corrected chi connectivity index (χ4v) is 10.7. The Kier molecular flexibility index (Phi) is 13.1. The molecule has 2 aromatic carbocycles. The molecule has 0 saturated carbocycles. The fourth-order valence-electron chi connectivity index (χ4n) is 4.78. The summed E-state index contributed by atoms with van der Waals surface area (Å²) in [5.74, 6) is -1.29. The maximum atomic E-state index is 12.6. The van der Waals surface area contributed by atoms with Gasteiger partial charge in [0.2, 0.25) is 6.29 Å². The molecule has 2 aromatic rings. The Balaban J connectivity index is 2.00. The summed E-state index contributed by atoms with van der Waals surface area (Å²) >= 11 is 0. The molecule has 0 N–H and O–H groups in total. The van der Waals surface area contributed by atoms with Crippen LogP contribution in [0.25, 0.3) is 0 Å². The second kappa shape index (κ2) is 15.7. The highest BCUT2D eigenvalue weighted by Gasteiger charge is 2.29. The van der Waals surface area contributed by atoms with Gasteiger partial charge in [0, 0.05) is 6.42 Å². The van der Waals surface area contributed by atoms with E-state index in [2.05, 4.69) is 52.3 Å². The Hall–Kier alpha value is -2.79. The maximum absolute atomic E-state index is 12.6. The Labute approximate surface area is 235 Å². The summed E-state index contributed by atoms with van der Waals surface area (Å²) < 4.78 is 0. The lowest BCUT2D eigenvalue weighted by Gasteiger charge is -2.26. The second-order valence-electron chi connectivity index (χ2n) is 9.80. The van der Waals surface area contributed by atoms with Gasteiger partial charge in [-0.2, -0.15) is 0 Å². The minimum atomic E-state index is -1.76. The Morgan fingerprint density at radius 1 is 0.692 bits per heavy atom. The smallest absolute Gasteiger partial charge is 0.290 e. The zero-order valence-electron chi connectivity index (χ0n) is 24.2. The van der Waals surface area contributed by atoms with Gasteiger partial charge in [-0.25, -0.2) is 9.59 Å². The van der Waals surface area contributed by atoms with Crippen molar-refractivity contribution in [1.29, 1.82) is 0 Å². The molecule has 2 rings (SSSR count). The predicted molar refractivity (Wildman–Crippen MR) is 162 cm³/mol. The minimum Gasteiger partial charge on any atom is -0.290 e. The predicted octanol–water partition coefficient (Wildman–Crippen LogP) is 6.92. The molecule has 0 aliphatic carbocycles. The van der Waals surface area contributed by atoms with Gasteiger partial charge >= 0.3 is 11.9 Å². The molecule has 0 aliphatic rings. The van der Waals surface area contributed by atoms with E-state index in [4.69, 9.17) is 19.6 Å². The summed E-state index contributed by atoms with van der Waals surface area (Å²) in [5.41, 5.74) is 4.92. The maximum Gasteiger partial charge on any atom is 0.373 e. The zero-order chi connectivity index (χ0) is 28.9.